The third-order valence-corrected chi connectivity index (χ3v) is 4.96. The quantitative estimate of drug-likeness (QED) is 0.0282. The summed E-state index contributed by atoms with van der Waals surface area (Å²) in [6, 6.07) is 0. The van der Waals surface area contributed by atoms with E-state index in [0.29, 0.717) is 79.3 Å². The van der Waals surface area contributed by atoms with E-state index in [0.717, 1.165) is 0 Å². The van der Waals surface area contributed by atoms with Gasteiger partial charge in [-0.25, -0.2) is 0 Å². The van der Waals surface area contributed by atoms with Gasteiger partial charge in [0.15, 0.2) is 12.2 Å². The molecule has 254 valence electrons. The molecule has 4 N–H and O–H groups in total. The highest BCUT2D eigenvalue weighted by Crippen LogP contribution is 1.95. The number of ether oxygens (including phenoxy) is 8. The predicted molar refractivity (Wildman–Crippen MR) is 153 cm³/mol. The molecule has 0 saturated carbocycles. The van der Waals surface area contributed by atoms with Crippen LogP contribution in [-0.4, -0.2) is 166 Å². The lowest BCUT2D eigenvalue weighted by Crippen LogP contribution is -2.50. The normalized spacial score (nSPS) is 12.1. The minimum Gasteiger partial charge on any atom is -0.380 e. The van der Waals surface area contributed by atoms with E-state index in [1.165, 1.54) is 0 Å². The third-order valence-electron chi connectivity index (χ3n) is 4.96. The van der Waals surface area contributed by atoms with Crippen LogP contribution in [-0.2, 0) is 47.5 Å². The smallest absolute Gasteiger partial charge is 0.252 e. The Morgan fingerprint density at radius 2 is 0.750 bits per heavy atom. The number of nitrogens with one attached hydrogen (secondary N) is 2. The average Bonchev–Trinajstić information content (AvgIpc) is 3.03. The number of nitrogens with zero attached hydrogens (tertiary/aromatic N) is 6. The Kier molecular flexibility index (Phi) is 30.9. The molecular weight excluding hydrogens is 592 g/mol. The molecule has 0 aromatic carbocycles. The Hall–Kier alpha value is -2.84. The molecule has 0 bridgehead atoms. The van der Waals surface area contributed by atoms with E-state index in [1.54, 1.807) is 0 Å². The SMILES string of the molecule is [N-]=[N+]=NCCOCCOCCOCCOCCNC(=O)[C@H](O)[C@@H](O)C(=O)NCCOCCOCCOCCOCCN=[N+]=[N-]. The minimum absolute atomic E-state index is 0.0591. The summed E-state index contributed by atoms with van der Waals surface area (Å²) in [6.07, 6.45) is -3.90. The molecule has 0 aliphatic carbocycles. The van der Waals surface area contributed by atoms with Crippen LogP contribution >= 0.6 is 0 Å². The van der Waals surface area contributed by atoms with Crippen molar-refractivity contribution >= 4 is 11.8 Å². The summed E-state index contributed by atoms with van der Waals surface area (Å²) in [4.78, 5) is 29.2. The Bertz CT molecular complexity index is 739. The fourth-order valence-electron chi connectivity index (χ4n) is 2.81. The van der Waals surface area contributed by atoms with E-state index >= 15 is 0 Å². The maximum Gasteiger partial charge on any atom is 0.252 e. The molecule has 20 heteroatoms. The van der Waals surface area contributed by atoms with E-state index in [9.17, 15) is 19.8 Å². The summed E-state index contributed by atoms with van der Waals surface area (Å²) < 4.78 is 42.2. The molecule has 0 radical (unpaired) electrons. The topological polar surface area (TPSA) is 270 Å². The van der Waals surface area contributed by atoms with E-state index < -0.39 is 24.0 Å². The van der Waals surface area contributed by atoms with Gasteiger partial charge < -0.3 is 58.7 Å². The maximum atomic E-state index is 12.0. The molecule has 0 aliphatic heterocycles. The van der Waals surface area contributed by atoms with Gasteiger partial charge in [0.05, 0.1) is 106 Å². The van der Waals surface area contributed by atoms with Crippen LogP contribution in [0.5, 0.6) is 0 Å². The summed E-state index contributed by atoms with van der Waals surface area (Å²) in [5.41, 5.74) is 16.2. The summed E-state index contributed by atoms with van der Waals surface area (Å²) in [5.74, 6) is -1.83. The molecule has 0 aliphatic rings. The number of carbonyl (C=O) groups excluding carboxylic acids is 2. The third kappa shape index (κ3) is 28.0. The number of carbonyl (C=O) groups is 2. The van der Waals surface area contributed by atoms with Crippen LogP contribution in [0, 0.1) is 0 Å². The van der Waals surface area contributed by atoms with Crippen LogP contribution in [0.4, 0.5) is 0 Å². The largest absolute Gasteiger partial charge is 0.380 e. The molecule has 0 spiro atoms. The van der Waals surface area contributed by atoms with Crippen molar-refractivity contribution in [3.05, 3.63) is 20.9 Å². The van der Waals surface area contributed by atoms with Gasteiger partial charge in [0, 0.05) is 36.0 Å². The highest BCUT2D eigenvalue weighted by Gasteiger charge is 2.29. The van der Waals surface area contributed by atoms with Crippen molar-refractivity contribution in [3.63, 3.8) is 0 Å². The van der Waals surface area contributed by atoms with Gasteiger partial charge in [-0.2, -0.15) is 0 Å². The number of amides is 2. The van der Waals surface area contributed by atoms with Crippen LogP contribution in [0.15, 0.2) is 10.2 Å². The van der Waals surface area contributed by atoms with Crippen LogP contribution in [0.3, 0.4) is 0 Å². The first-order chi connectivity index (χ1) is 21.5. The zero-order chi connectivity index (χ0) is 32.4. The van der Waals surface area contributed by atoms with Crippen LogP contribution in [0.1, 0.15) is 0 Å². The Labute approximate surface area is 255 Å². The number of aliphatic hydroxyl groups excluding tert-OH is 2. The van der Waals surface area contributed by atoms with Crippen molar-refractivity contribution < 1.29 is 57.7 Å². The second-order valence-corrected chi connectivity index (χ2v) is 8.28. The molecule has 0 saturated heterocycles. The predicted octanol–water partition coefficient (Wildman–Crippen LogP) is -1.31. The van der Waals surface area contributed by atoms with E-state index in [4.69, 9.17) is 49.0 Å². The number of azide groups is 2. The zero-order valence-corrected chi connectivity index (χ0v) is 25.0. The molecule has 0 aromatic rings. The van der Waals surface area contributed by atoms with E-state index in [1.807, 2.05) is 0 Å². The van der Waals surface area contributed by atoms with Gasteiger partial charge in [-0.3, -0.25) is 9.59 Å². The lowest BCUT2D eigenvalue weighted by molar-refractivity contribution is -0.146. The fourth-order valence-corrected chi connectivity index (χ4v) is 2.81. The van der Waals surface area contributed by atoms with Crippen molar-refractivity contribution in [1.82, 2.24) is 10.6 Å². The van der Waals surface area contributed by atoms with Crippen LogP contribution in [0.2, 0.25) is 0 Å². The highest BCUT2D eigenvalue weighted by molar-refractivity contribution is 5.90. The first-order valence-electron chi connectivity index (χ1n) is 14.1. The van der Waals surface area contributed by atoms with Crippen molar-refractivity contribution in [1.29, 1.82) is 0 Å². The monoisotopic (exact) mass is 638 g/mol. The van der Waals surface area contributed by atoms with E-state index in [2.05, 4.69) is 30.7 Å². The number of aliphatic hydroxyl groups is 2. The fraction of sp³-hybridized carbons (Fsp3) is 0.917. The first kappa shape index (κ1) is 41.2. The van der Waals surface area contributed by atoms with Crippen molar-refractivity contribution in [2.45, 2.75) is 12.2 Å². The second-order valence-electron chi connectivity index (χ2n) is 8.28. The second kappa shape index (κ2) is 33.1. The summed E-state index contributed by atoms with van der Waals surface area (Å²) in [6.45, 7) is 5.84. The van der Waals surface area contributed by atoms with Crippen molar-refractivity contribution in [3.8, 4) is 0 Å². The van der Waals surface area contributed by atoms with Gasteiger partial charge in [0.2, 0.25) is 0 Å². The number of hydrogen-bond donors (Lipinski definition) is 4. The molecule has 2 atom stereocenters. The number of hydrogen-bond acceptors (Lipinski definition) is 14. The Morgan fingerprint density at radius 3 is 1.02 bits per heavy atom. The number of rotatable bonds is 33. The minimum atomic E-state index is -1.95. The standard InChI is InChI=1S/C24H46N8O12/c25-31-29-3-7-39-11-15-43-19-17-41-13-9-37-5-1-27-23(35)21(33)22(34)24(36)28-2-6-38-10-14-42-18-20-44-16-12-40-8-4-30-32-26/h21-22,33-34H,1-20H2,(H,27,35)(H,28,36)/t21-,22-/m1/s1. The van der Waals surface area contributed by atoms with Crippen molar-refractivity contribution in [2.24, 2.45) is 10.2 Å². The van der Waals surface area contributed by atoms with Gasteiger partial charge in [-0.1, -0.05) is 10.2 Å². The first-order valence-corrected chi connectivity index (χ1v) is 14.1. The summed E-state index contributed by atoms with van der Waals surface area (Å²) in [5, 5.41) is 31.3. The Balaban J connectivity index is 3.54. The van der Waals surface area contributed by atoms with Crippen LogP contribution in [0.25, 0.3) is 20.9 Å². The lowest BCUT2D eigenvalue weighted by atomic mass is 10.2. The molecular formula is C24H46N8O12. The lowest BCUT2D eigenvalue weighted by Gasteiger charge is -2.17. The van der Waals surface area contributed by atoms with E-state index in [-0.39, 0.29) is 52.6 Å². The van der Waals surface area contributed by atoms with Gasteiger partial charge in [-0.15, -0.1) is 0 Å². The molecule has 0 aromatic heterocycles. The molecule has 44 heavy (non-hydrogen) atoms. The zero-order valence-electron chi connectivity index (χ0n) is 25.0. The summed E-state index contributed by atoms with van der Waals surface area (Å²) >= 11 is 0. The molecule has 0 fully saturated rings. The van der Waals surface area contributed by atoms with Crippen LogP contribution < -0.4 is 10.6 Å². The average molecular weight is 639 g/mol. The maximum absolute atomic E-state index is 12.0. The Morgan fingerprint density at radius 1 is 0.500 bits per heavy atom. The van der Waals surface area contributed by atoms with Gasteiger partial charge in [-0.05, 0) is 11.1 Å². The molecule has 2 amide bonds. The summed E-state index contributed by atoms with van der Waals surface area (Å²) in [7, 11) is 0. The van der Waals surface area contributed by atoms with Gasteiger partial charge >= 0.3 is 0 Å². The van der Waals surface area contributed by atoms with Gasteiger partial charge in [0.1, 0.15) is 0 Å². The van der Waals surface area contributed by atoms with Crippen molar-refractivity contribution in [2.75, 3.05) is 132 Å². The molecule has 20 nitrogen and oxygen atoms in total. The highest BCUT2D eigenvalue weighted by atomic mass is 16.6. The molecule has 0 rings (SSSR count). The van der Waals surface area contributed by atoms with Gasteiger partial charge in [0.25, 0.3) is 11.8 Å². The molecule has 0 unspecified atom stereocenters. The molecule has 0 heterocycles.